The van der Waals surface area contributed by atoms with E-state index in [1.807, 2.05) is 30.3 Å². The lowest BCUT2D eigenvalue weighted by Crippen LogP contribution is -2.04. The van der Waals surface area contributed by atoms with Crippen LogP contribution in [-0.4, -0.2) is 18.8 Å². The molecule has 0 unspecified atom stereocenters. The van der Waals surface area contributed by atoms with E-state index >= 15 is 0 Å². The van der Waals surface area contributed by atoms with Gasteiger partial charge in [-0.3, -0.25) is 5.41 Å². The van der Waals surface area contributed by atoms with E-state index in [9.17, 15) is 4.79 Å². The minimum atomic E-state index is -0.368. The molecule has 0 fully saturated rings. The van der Waals surface area contributed by atoms with Crippen molar-refractivity contribution < 1.29 is 9.53 Å². The molecule has 0 aliphatic heterocycles. The predicted octanol–water partition coefficient (Wildman–Crippen LogP) is 2.89. The number of benzene rings is 2. The molecule has 0 bridgehead atoms. The Labute approximate surface area is 106 Å². The molecule has 0 aromatic heterocycles. The van der Waals surface area contributed by atoms with E-state index in [2.05, 4.69) is 4.74 Å². The molecular formula is C15H13NO2. The van der Waals surface area contributed by atoms with Crippen LogP contribution in [-0.2, 0) is 4.74 Å². The zero-order valence-electron chi connectivity index (χ0n) is 10.0. The second-order valence-corrected chi connectivity index (χ2v) is 3.81. The van der Waals surface area contributed by atoms with Gasteiger partial charge in [0.2, 0.25) is 0 Å². The van der Waals surface area contributed by atoms with E-state index in [4.69, 9.17) is 5.41 Å². The Morgan fingerprint density at radius 3 is 1.94 bits per heavy atom. The van der Waals surface area contributed by atoms with Gasteiger partial charge in [-0.1, -0.05) is 42.5 Å². The van der Waals surface area contributed by atoms with Crippen molar-refractivity contribution in [2.75, 3.05) is 7.11 Å². The van der Waals surface area contributed by atoms with Crippen LogP contribution in [0.3, 0.4) is 0 Å². The molecule has 1 N–H and O–H groups in total. The van der Waals surface area contributed by atoms with Gasteiger partial charge in [0.25, 0.3) is 0 Å². The molecule has 2 aromatic carbocycles. The number of rotatable bonds is 3. The highest BCUT2D eigenvalue weighted by Gasteiger charge is 2.07. The Morgan fingerprint density at radius 2 is 1.39 bits per heavy atom. The van der Waals surface area contributed by atoms with Gasteiger partial charge in [-0.2, -0.15) is 0 Å². The minimum absolute atomic E-state index is 0.368. The minimum Gasteiger partial charge on any atom is -0.465 e. The molecule has 90 valence electrons. The van der Waals surface area contributed by atoms with Crippen molar-refractivity contribution in [3.63, 3.8) is 0 Å². The van der Waals surface area contributed by atoms with Crippen molar-refractivity contribution in [2.45, 2.75) is 0 Å². The molecule has 0 aliphatic rings. The summed E-state index contributed by atoms with van der Waals surface area (Å²) in [5.41, 5.74) is 2.55. The van der Waals surface area contributed by atoms with Gasteiger partial charge in [0.05, 0.1) is 18.4 Å². The molecule has 3 nitrogen and oxygen atoms in total. The number of methoxy groups -OCH3 is 1. The molecule has 0 aliphatic carbocycles. The van der Waals surface area contributed by atoms with Crippen molar-refractivity contribution in [3.05, 3.63) is 71.3 Å². The molecule has 2 aromatic rings. The highest BCUT2D eigenvalue weighted by Crippen LogP contribution is 2.11. The predicted molar refractivity (Wildman–Crippen MR) is 70.2 cm³/mol. The molecule has 0 saturated carbocycles. The largest absolute Gasteiger partial charge is 0.465 e. The monoisotopic (exact) mass is 239 g/mol. The highest BCUT2D eigenvalue weighted by atomic mass is 16.5. The Bertz CT molecular complexity index is 559. The summed E-state index contributed by atoms with van der Waals surface area (Å²) in [5.74, 6) is -0.368. The van der Waals surface area contributed by atoms with E-state index in [1.54, 1.807) is 24.3 Å². The molecule has 2 rings (SSSR count). The third-order valence-electron chi connectivity index (χ3n) is 2.66. The summed E-state index contributed by atoms with van der Waals surface area (Å²) in [5, 5.41) is 8.08. The smallest absolute Gasteiger partial charge is 0.337 e. The maximum Gasteiger partial charge on any atom is 0.337 e. The second-order valence-electron chi connectivity index (χ2n) is 3.81. The molecule has 3 heteroatoms. The number of hydrogen-bond donors (Lipinski definition) is 1. The van der Waals surface area contributed by atoms with Gasteiger partial charge >= 0.3 is 5.97 Å². The van der Waals surface area contributed by atoms with Crippen molar-refractivity contribution >= 4 is 11.7 Å². The summed E-state index contributed by atoms with van der Waals surface area (Å²) >= 11 is 0. The highest BCUT2D eigenvalue weighted by molar-refractivity contribution is 6.11. The van der Waals surface area contributed by atoms with Crippen LogP contribution in [0.2, 0.25) is 0 Å². The van der Waals surface area contributed by atoms with Crippen molar-refractivity contribution in [1.82, 2.24) is 0 Å². The topological polar surface area (TPSA) is 50.2 Å². The van der Waals surface area contributed by atoms with E-state index in [-0.39, 0.29) is 5.97 Å². The van der Waals surface area contributed by atoms with E-state index in [0.717, 1.165) is 11.1 Å². The molecule has 0 atom stereocenters. The maximum atomic E-state index is 11.3. The number of esters is 1. The average Bonchev–Trinajstić information content (AvgIpc) is 2.47. The van der Waals surface area contributed by atoms with Gasteiger partial charge in [0, 0.05) is 5.56 Å². The van der Waals surface area contributed by atoms with Gasteiger partial charge in [0.15, 0.2) is 0 Å². The van der Waals surface area contributed by atoms with Gasteiger partial charge in [-0.25, -0.2) is 4.79 Å². The lowest BCUT2D eigenvalue weighted by Gasteiger charge is -2.05. The number of nitrogens with one attached hydrogen (secondary N) is 1. The summed E-state index contributed by atoms with van der Waals surface area (Å²) in [7, 11) is 1.35. The Balaban J connectivity index is 2.25. The quantitative estimate of drug-likeness (QED) is 0.661. The molecule has 0 amide bonds. The van der Waals surface area contributed by atoms with Crippen LogP contribution < -0.4 is 0 Å². The number of carbonyl (C=O) groups is 1. The normalized spacial score (nSPS) is 9.83. The Morgan fingerprint density at radius 1 is 0.889 bits per heavy atom. The fourth-order valence-electron chi connectivity index (χ4n) is 1.66. The average molecular weight is 239 g/mol. The first-order valence-corrected chi connectivity index (χ1v) is 5.55. The summed E-state index contributed by atoms with van der Waals surface area (Å²) in [6.07, 6.45) is 0. The Hall–Kier alpha value is -2.42. The van der Waals surface area contributed by atoms with Gasteiger partial charge in [-0.05, 0) is 17.7 Å². The van der Waals surface area contributed by atoms with Crippen LogP contribution >= 0.6 is 0 Å². The fraction of sp³-hybridized carbons (Fsp3) is 0.0667. The van der Waals surface area contributed by atoms with E-state index < -0.39 is 0 Å². The zero-order valence-corrected chi connectivity index (χ0v) is 10.0. The SMILES string of the molecule is COC(=O)c1ccc(C(=N)c2ccccc2)cc1. The van der Waals surface area contributed by atoms with Crippen LogP contribution in [0, 0.1) is 5.41 Å². The number of carbonyl (C=O) groups excluding carboxylic acids is 1. The first-order valence-electron chi connectivity index (χ1n) is 5.55. The molecule has 0 spiro atoms. The summed E-state index contributed by atoms with van der Waals surface area (Å²) < 4.78 is 4.63. The fourth-order valence-corrected chi connectivity index (χ4v) is 1.66. The zero-order chi connectivity index (χ0) is 13.0. The summed E-state index contributed by atoms with van der Waals surface area (Å²) in [6.45, 7) is 0. The second kappa shape index (κ2) is 5.27. The van der Waals surface area contributed by atoms with Crippen LogP contribution in [0.15, 0.2) is 54.6 Å². The van der Waals surface area contributed by atoms with Crippen LogP contribution in [0.1, 0.15) is 21.5 Å². The third kappa shape index (κ3) is 2.46. The van der Waals surface area contributed by atoms with Crippen LogP contribution in [0.4, 0.5) is 0 Å². The first-order chi connectivity index (χ1) is 8.72. The van der Waals surface area contributed by atoms with Crippen molar-refractivity contribution in [1.29, 1.82) is 5.41 Å². The summed E-state index contributed by atoms with van der Waals surface area (Å²) in [4.78, 5) is 11.3. The van der Waals surface area contributed by atoms with Gasteiger partial charge < -0.3 is 4.74 Å². The Kier molecular flexibility index (Phi) is 3.53. The number of ether oxygens (including phenoxy) is 1. The maximum absolute atomic E-state index is 11.3. The standard InChI is InChI=1S/C15H13NO2/c1-18-15(17)13-9-7-12(8-10-13)14(16)11-5-3-2-4-6-11/h2-10,16H,1H3. The lowest BCUT2D eigenvalue weighted by atomic mass is 10.0. The van der Waals surface area contributed by atoms with Crippen molar-refractivity contribution in [2.24, 2.45) is 0 Å². The first kappa shape index (κ1) is 12.0. The molecule has 18 heavy (non-hydrogen) atoms. The van der Waals surface area contributed by atoms with Gasteiger partial charge in [-0.15, -0.1) is 0 Å². The van der Waals surface area contributed by atoms with E-state index in [0.29, 0.717) is 11.3 Å². The lowest BCUT2D eigenvalue weighted by molar-refractivity contribution is 0.0601. The van der Waals surface area contributed by atoms with Crippen LogP contribution in [0.25, 0.3) is 0 Å². The van der Waals surface area contributed by atoms with Crippen LogP contribution in [0.5, 0.6) is 0 Å². The molecular weight excluding hydrogens is 226 g/mol. The third-order valence-corrected chi connectivity index (χ3v) is 2.66. The molecule has 0 saturated heterocycles. The molecule has 0 radical (unpaired) electrons. The van der Waals surface area contributed by atoms with E-state index in [1.165, 1.54) is 7.11 Å². The molecule has 0 heterocycles. The number of hydrogen-bond acceptors (Lipinski definition) is 3. The summed E-state index contributed by atoms with van der Waals surface area (Å²) in [6, 6.07) is 16.3. The van der Waals surface area contributed by atoms with Crippen molar-refractivity contribution in [3.8, 4) is 0 Å². The van der Waals surface area contributed by atoms with Gasteiger partial charge in [0.1, 0.15) is 0 Å².